The zero-order valence-electron chi connectivity index (χ0n) is 11.3. The zero-order chi connectivity index (χ0) is 14.3. The van der Waals surface area contributed by atoms with E-state index in [1.165, 1.54) is 11.8 Å². The maximum Gasteiger partial charge on any atom is 0.242 e. The Labute approximate surface area is 126 Å². The Balaban J connectivity index is 1.85. The molecule has 1 N–H and O–H groups in total. The highest BCUT2D eigenvalue weighted by Crippen LogP contribution is 2.32. The molecule has 1 atom stereocenters. The average molecular weight is 305 g/mol. The third-order valence-electron chi connectivity index (χ3n) is 3.39. The first kappa shape index (κ1) is 13.6. The molecule has 0 saturated carbocycles. The van der Waals surface area contributed by atoms with Crippen LogP contribution in [-0.2, 0) is 11.2 Å². The van der Waals surface area contributed by atoms with Crippen molar-refractivity contribution in [3.05, 3.63) is 30.1 Å². The smallest absolute Gasteiger partial charge is 0.242 e. The summed E-state index contributed by atoms with van der Waals surface area (Å²) in [6, 6.07) is 4.00. The van der Waals surface area contributed by atoms with Crippen molar-refractivity contribution in [1.29, 1.82) is 0 Å². The van der Waals surface area contributed by atoms with Gasteiger partial charge in [-0.3, -0.25) is 14.7 Å². The number of aromatic nitrogens is 2. The van der Waals surface area contributed by atoms with Crippen LogP contribution in [0.2, 0.25) is 0 Å². The van der Waals surface area contributed by atoms with Gasteiger partial charge in [0.2, 0.25) is 5.91 Å². The second-order valence-electron chi connectivity index (χ2n) is 5.09. The minimum absolute atomic E-state index is 0.111. The molecule has 1 saturated heterocycles. The number of pyridine rings is 1. The van der Waals surface area contributed by atoms with E-state index in [1.54, 1.807) is 11.1 Å². The molecule has 1 fully saturated rings. The lowest BCUT2D eigenvalue weighted by molar-refractivity contribution is -0.127. The van der Waals surface area contributed by atoms with E-state index in [1.807, 2.05) is 32.2 Å². The van der Waals surface area contributed by atoms with Gasteiger partial charge < -0.3 is 4.98 Å². The van der Waals surface area contributed by atoms with Gasteiger partial charge in [0, 0.05) is 18.4 Å². The standard InChI is InChI=1S/C14H15N3OS2/c1-8(2)17-13(18)11(20-14(17)19)6-9-7-16-10-4-3-5-15-12(9)10/h3-5,7-8,11,16H,6H2,1-2H3. The fraction of sp³-hybridized carbons (Fsp3) is 0.357. The number of aromatic amines is 1. The number of nitrogens with zero attached hydrogens (tertiary/aromatic N) is 2. The van der Waals surface area contributed by atoms with Crippen molar-refractivity contribution < 1.29 is 4.79 Å². The minimum atomic E-state index is -0.133. The Kier molecular flexibility index (Phi) is 3.52. The van der Waals surface area contributed by atoms with E-state index >= 15 is 0 Å². The largest absolute Gasteiger partial charge is 0.360 e. The first-order chi connectivity index (χ1) is 9.58. The number of hydrogen-bond acceptors (Lipinski definition) is 4. The topological polar surface area (TPSA) is 49.0 Å². The number of nitrogens with one attached hydrogen (secondary N) is 1. The maximum atomic E-state index is 12.4. The predicted octanol–water partition coefficient (Wildman–Crippen LogP) is 2.74. The van der Waals surface area contributed by atoms with Crippen LogP contribution >= 0.6 is 24.0 Å². The van der Waals surface area contributed by atoms with Crippen molar-refractivity contribution in [1.82, 2.24) is 14.9 Å². The van der Waals surface area contributed by atoms with Crippen LogP contribution < -0.4 is 0 Å². The van der Waals surface area contributed by atoms with E-state index < -0.39 is 0 Å². The summed E-state index contributed by atoms with van der Waals surface area (Å²) in [5.74, 6) is 0.111. The summed E-state index contributed by atoms with van der Waals surface area (Å²) in [4.78, 5) is 21.7. The summed E-state index contributed by atoms with van der Waals surface area (Å²) in [5, 5.41) is -0.133. The van der Waals surface area contributed by atoms with Gasteiger partial charge in [0.25, 0.3) is 0 Å². The molecule has 0 bridgehead atoms. The van der Waals surface area contributed by atoms with Crippen molar-refractivity contribution >= 4 is 45.2 Å². The van der Waals surface area contributed by atoms with E-state index in [0.717, 1.165) is 16.6 Å². The minimum Gasteiger partial charge on any atom is -0.360 e. The molecule has 4 nitrogen and oxygen atoms in total. The Bertz CT molecular complexity index is 680. The highest BCUT2D eigenvalue weighted by molar-refractivity contribution is 8.24. The fourth-order valence-corrected chi connectivity index (χ4v) is 4.22. The normalized spacial score (nSPS) is 19.6. The Morgan fingerprint density at radius 1 is 1.55 bits per heavy atom. The van der Waals surface area contributed by atoms with Crippen LogP contribution in [0, 0.1) is 0 Å². The monoisotopic (exact) mass is 305 g/mol. The first-order valence-corrected chi connectivity index (χ1v) is 7.81. The maximum absolute atomic E-state index is 12.4. The molecular weight excluding hydrogens is 290 g/mol. The van der Waals surface area contributed by atoms with Gasteiger partial charge in [-0.05, 0) is 38.0 Å². The Morgan fingerprint density at radius 2 is 2.35 bits per heavy atom. The summed E-state index contributed by atoms with van der Waals surface area (Å²) in [5.41, 5.74) is 3.01. The van der Waals surface area contributed by atoms with E-state index in [-0.39, 0.29) is 17.2 Å². The number of thioether (sulfide) groups is 1. The van der Waals surface area contributed by atoms with E-state index in [2.05, 4.69) is 9.97 Å². The lowest BCUT2D eigenvalue weighted by atomic mass is 10.1. The molecule has 0 spiro atoms. The molecule has 20 heavy (non-hydrogen) atoms. The Hall–Kier alpha value is -1.40. The molecule has 104 valence electrons. The summed E-state index contributed by atoms with van der Waals surface area (Å²) >= 11 is 6.79. The lowest BCUT2D eigenvalue weighted by Gasteiger charge is -2.19. The van der Waals surface area contributed by atoms with Gasteiger partial charge in [0.05, 0.1) is 16.3 Å². The first-order valence-electron chi connectivity index (χ1n) is 6.52. The quantitative estimate of drug-likeness (QED) is 0.886. The number of carbonyl (C=O) groups excluding carboxylic acids is 1. The molecule has 2 aromatic heterocycles. The second-order valence-corrected chi connectivity index (χ2v) is 6.93. The summed E-state index contributed by atoms with van der Waals surface area (Å²) in [6.07, 6.45) is 4.37. The summed E-state index contributed by atoms with van der Waals surface area (Å²) in [7, 11) is 0. The van der Waals surface area contributed by atoms with Crippen molar-refractivity contribution in [2.75, 3.05) is 0 Å². The van der Waals surface area contributed by atoms with E-state index in [0.29, 0.717) is 10.7 Å². The number of amides is 1. The molecule has 2 aromatic rings. The molecular formula is C14H15N3OS2. The number of fused-ring (bicyclic) bond motifs is 1. The molecule has 1 aliphatic rings. The fourth-order valence-electron chi connectivity index (χ4n) is 2.43. The number of rotatable bonds is 3. The van der Waals surface area contributed by atoms with Crippen LogP contribution in [0.15, 0.2) is 24.5 Å². The highest BCUT2D eigenvalue weighted by atomic mass is 32.2. The SMILES string of the molecule is CC(C)N1C(=O)C(Cc2c[nH]c3cccnc23)SC1=S. The average Bonchev–Trinajstić information content (AvgIpc) is 2.93. The second kappa shape index (κ2) is 5.18. The molecule has 0 aliphatic carbocycles. The van der Waals surface area contributed by atoms with Gasteiger partial charge in [-0.1, -0.05) is 24.0 Å². The van der Waals surface area contributed by atoms with Crippen LogP contribution in [0.4, 0.5) is 0 Å². The van der Waals surface area contributed by atoms with E-state index in [4.69, 9.17) is 12.2 Å². The predicted molar refractivity (Wildman–Crippen MR) is 85.8 cm³/mol. The van der Waals surface area contributed by atoms with Crippen molar-refractivity contribution in [3.63, 3.8) is 0 Å². The number of thiocarbonyl (C=S) groups is 1. The lowest BCUT2D eigenvalue weighted by Crippen LogP contribution is -2.37. The molecule has 1 unspecified atom stereocenters. The van der Waals surface area contributed by atoms with Crippen LogP contribution in [-0.4, -0.2) is 36.4 Å². The highest BCUT2D eigenvalue weighted by Gasteiger charge is 2.38. The third-order valence-corrected chi connectivity index (χ3v) is 4.92. The van der Waals surface area contributed by atoms with Gasteiger partial charge in [-0.2, -0.15) is 0 Å². The molecule has 1 amide bonds. The van der Waals surface area contributed by atoms with Gasteiger partial charge in [0.1, 0.15) is 4.32 Å². The number of H-pyrrole nitrogens is 1. The third kappa shape index (κ3) is 2.23. The van der Waals surface area contributed by atoms with Gasteiger partial charge in [-0.15, -0.1) is 0 Å². The number of carbonyl (C=O) groups is 1. The van der Waals surface area contributed by atoms with Gasteiger partial charge in [0.15, 0.2) is 0 Å². The van der Waals surface area contributed by atoms with Crippen LogP contribution in [0.5, 0.6) is 0 Å². The van der Waals surface area contributed by atoms with E-state index in [9.17, 15) is 4.79 Å². The molecule has 3 heterocycles. The summed E-state index contributed by atoms with van der Waals surface area (Å²) < 4.78 is 0.683. The van der Waals surface area contributed by atoms with Crippen LogP contribution in [0.25, 0.3) is 11.0 Å². The van der Waals surface area contributed by atoms with Crippen LogP contribution in [0.3, 0.4) is 0 Å². The van der Waals surface area contributed by atoms with Crippen LogP contribution in [0.1, 0.15) is 19.4 Å². The van der Waals surface area contributed by atoms with Crippen molar-refractivity contribution in [2.24, 2.45) is 0 Å². The molecule has 0 radical (unpaired) electrons. The molecule has 1 aliphatic heterocycles. The molecule has 0 aromatic carbocycles. The van der Waals surface area contributed by atoms with Crippen molar-refractivity contribution in [3.8, 4) is 0 Å². The molecule has 3 rings (SSSR count). The van der Waals surface area contributed by atoms with Gasteiger partial charge in [-0.25, -0.2) is 0 Å². The number of hydrogen-bond donors (Lipinski definition) is 1. The Morgan fingerprint density at radius 3 is 3.05 bits per heavy atom. The van der Waals surface area contributed by atoms with Gasteiger partial charge >= 0.3 is 0 Å². The zero-order valence-corrected chi connectivity index (χ0v) is 12.9. The van der Waals surface area contributed by atoms with Crippen molar-refractivity contribution in [2.45, 2.75) is 31.6 Å². The summed E-state index contributed by atoms with van der Waals surface area (Å²) in [6.45, 7) is 3.97. The molecule has 6 heteroatoms.